The molecular weight excluding hydrogens is 223 g/mol. The molecule has 0 fully saturated rings. The van der Waals surface area contributed by atoms with Crippen molar-refractivity contribution in [3.8, 4) is 5.75 Å². The van der Waals surface area contributed by atoms with Crippen molar-refractivity contribution in [2.24, 2.45) is 11.7 Å². The fourth-order valence-electron chi connectivity index (χ4n) is 1.48. The van der Waals surface area contributed by atoms with E-state index in [4.69, 9.17) is 5.73 Å². The van der Waals surface area contributed by atoms with Crippen LogP contribution in [0, 0.1) is 11.7 Å². The predicted molar refractivity (Wildman–Crippen MR) is 63.2 cm³/mol. The minimum absolute atomic E-state index is 0.137. The van der Waals surface area contributed by atoms with Crippen molar-refractivity contribution in [3.05, 3.63) is 29.6 Å². The number of nitrogens with one attached hydrogen (secondary N) is 1. The molecule has 0 saturated heterocycles. The van der Waals surface area contributed by atoms with E-state index in [0.717, 1.165) is 6.07 Å². The van der Waals surface area contributed by atoms with Crippen LogP contribution in [-0.4, -0.2) is 23.6 Å². The van der Waals surface area contributed by atoms with Gasteiger partial charge in [0, 0.05) is 12.6 Å². The summed E-state index contributed by atoms with van der Waals surface area (Å²) in [5.41, 5.74) is 5.16. The summed E-state index contributed by atoms with van der Waals surface area (Å²) in [5.74, 6) is -1.63. The van der Waals surface area contributed by atoms with Gasteiger partial charge in [0.2, 0.25) is 0 Å². The van der Waals surface area contributed by atoms with Gasteiger partial charge in [-0.15, -0.1) is 0 Å². The maximum absolute atomic E-state index is 13.4. The SMILES string of the molecule is CC(C)C(CN)NC(=O)c1c(O)cccc1F. The van der Waals surface area contributed by atoms with Crippen LogP contribution in [0.3, 0.4) is 0 Å². The van der Waals surface area contributed by atoms with Crippen molar-refractivity contribution >= 4 is 5.91 Å². The number of phenolic OH excluding ortho intramolecular Hbond substituents is 1. The van der Waals surface area contributed by atoms with E-state index in [1.165, 1.54) is 12.1 Å². The Bertz CT molecular complexity index is 387. The van der Waals surface area contributed by atoms with Gasteiger partial charge < -0.3 is 16.2 Å². The number of halogens is 1. The van der Waals surface area contributed by atoms with Gasteiger partial charge in [-0.3, -0.25) is 4.79 Å². The molecule has 4 nitrogen and oxygen atoms in total. The Balaban J connectivity index is 2.90. The minimum Gasteiger partial charge on any atom is -0.507 e. The third-order valence-corrected chi connectivity index (χ3v) is 2.59. The summed E-state index contributed by atoms with van der Waals surface area (Å²) < 4.78 is 13.4. The van der Waals surface area contributed by atoms with Gasteiger partial charge in [0.15, 0.2) is 0 Å². The molecule has 1 rings (SSSR count). The van der Waals surface area contributed by atoms with Crippen molar-refractivity contribution in [1.29, 1.82) is 0 Å². The summed E-state index contributed by atoms with van der Waals surface area (Å²) in [4.78, 5) is 11.8. The number of benzene rings is 1. The lowest BCUT2D eigenvalue weighted by Gasteiger charge is -2.20. The maximum atomic E-state index is 13.4. The van der Waals surface area contributed by atoms with Crippen LogP contribution in [0.4, 0.5) is 4.39 Å². The second kappa shape index (κ2) is 5.63. The topological polar surface area (TPSA) is 75.3 Å². The van der Waals surface area contributed by atoms with Crippen molar-refractivity contribution in [2.45, 2.75) is 19.9 Å². The number of amides is 1. The normalized spacial score (nSPS) is 12.5. The summed E-state index contributed by atoms with van der Waals surface area (Å²) in [6.07, 6.45) is 0. The average molecular weight is 240 g/mol. The van der Waals surface area contributed by atoms with Gasteiger partial charge in [-0.05, 0) is 18.1 Å². The molecule has 0 bridgehead atoms. The smallest absolute Gasteiger partial charge is 0.258 e. The fourth-order valence-corrected chi connectivity index (χ4v) is 1.48. The molecule has 0 saturated carbocycles. The molecule has 1 aromatic carbocycles. The molecule has 1 unspecified atom stereocenters. The summed E-state index contributed by atoms with van der Waals surface area (Å²) in [7, 11) is 0. The Morgan fingerprint density at radius 1 is 1.53 bits per heavy atom. The zero-order valence-electron chi connectivity index (χ0n) is 9.90. The molecule has 17 heavy (non-hydrogen) atoms. The second-order valence-electron chi connectivity index (χ2n) is 4.19. The zero-order valence-corrected chi connectivity index (χ0v) is 9.90. The first-order valence-electron chi connectivity index (χ1n) is 5.45. The summed E-state index contributed by atoms with van der Waals surface area (Å²) in [6, 6.07) is 3.48. The molecule has 0 radical (unpaired) electrons. The largest absolute Gasteiger partial charge is 0.507 e. The molecule has 4 N–H and O–H groups in total. The Hall–Kier alpha value is -1.62. The first-order valence-corrected chi connectivity index (χ1v) is 5.45. The van der Waals surface area contributed by atoms with Gasteiger partial charge in [0.1, 0.15) is 17.1 Å². The van der Waals surface area contributed by atoms with E-state index in [2.05, 4.69) is 5.32 Å². The summed E-state index contributed by atoms with van der Waals surface area (Å²) >= 11 is 0. The van der Waals surface area contributed by atoms with Crippen molar-refractivity contribution < 1.29 is 14.3 Å². The van der Waals surface area contributed by atoms with Crippen LogP contribution >= 0.6 is 0 Å². The molecular formula is C12H17FN2O2. The molecule has 0 aliphatic carbocycles. The summed E-state index contributed by atoms with van der Waals surface area (Å²) in [5, 5.41) is 12.1. The highest BCUT2D eigenvalue weighted by Gasteiger charge is 2.20. The monoisotopic (exact) mass is 240 g/mol. The van der Waals surface area contributed by atoms with E-state index in [-0.39, 0.29) is 29.8 Å². The first-order chi connectivity index (χ1) is 7.97. The Morgan fingerprint density at radius 3 is 2.65 bits per heavy atom. The molecule has 1 amide bonds. The zero-order chi connectivity index (χ0) is 13.0. The van der Waals surface area contributed by atoms with Gasteiger partial charge in [-0.1, -0.05) is 19.9 Å². The number of aromatic hydroxyl groups is 1. The standard InChI is InChI=1S/C12H17FN2O2/c1-7(2)9(6-14)15-12(17)11-8(13)4-3-5-10(11)16/h3-5,7,9,16H,6,14H2,1-2H3,(H,15,17). The molecule has 94 valence electrons. The number of hydrogen-bond donors (Lipinski definition) is 3. The highest BCUT2D eigenvalue weighted by Crippen LogP contribution is 2.19. The second-order valence-corrected chi connectivity index (χ2v) is 4.19. The number of hydrogen-bond acceptors (Lipinski definition) is 3. The maximum Gasteiger partial charge on any atom is 0.258 e. The number of phenols is 1. The number of carbonyl (C=O) groups is 1. The minimum atomic E-state index is -0.748. The summed E-state index contributed by atoms with van der Waals surface area (Å²) in [6.45, 7) is 4.07. The Morgan fingerprint density at radius 2 is 2.18 bits per heavy atom. The van der Waals surface area contributed by atoms with Crippen LogP contribution in [0.1, 0.15) is 24.2 Å². The van der Waals surface area contributed by atoms with Crippen LogP contribution in [-0.2, 0) is 0 Å². The molecule has 5 heteroatoms. The van der Waals surface area contributed by atoms with Crippen molar-refractivity contribution in [1.82, 2.24) is 5.32 Å². The molecule has 0 aromatic heterocycles. The third-order valence-electron chi connectivity index (χ3n) is 2.59. The molecule has 1 atom stereocenters. The fraction of sp³-hybridized carbons (Fsp3) is 0.417. The Kier molecular flexibility index (Phi) is 4.45. The van der Waals surface area contributed by atoms with E-state index in [0.29, 0.717) is 0 Å². The lowest BCUT2D eigenvalue weighted by Crippen LogP contribution is -2.43. The van der Waals surface area contributed by atoms with Crippen molar-refractivity contribution in [2.75, 3.05) is 6.54 Å². The lowest BCUT2D eigenvalue weighted by molar-refractivity contribution is 0.0920. The predicted octanol–water partition coefficient (Wildman–Crippen LogP) is 1.24. The van der Waals surface area contributed by atoms with Crippen LogP contribution in [0.15, 0.2) is 18.2 Å². The molecule has 1 aromatic rings. The van der Waals surface area contributed by atoms with Crippen LogP contribution in [0.5, 0.6) is 5.75 Å². The van der Waals surface area contributed by atoms with Crippen molar-refractivity contribution in [3.63, 3.8) is 0 Å². The van der Waals surface area contributed by atoms with Crippen LogP contribution in [0.25, 0.3) is 0 Å². The van der Waals surface area contributed by atoms with Gasteiger partial charge in [0.25, 0.3) is 5.91 Å². The van der Waals surface area contributed by atoms with Gasteiger partial charge in [-0.25, -0.2) is 4.39 Å². The number of carbonyl (C=O) groups excluding carboxylic acids is 1. The molecule has 0 heterocycles. The average Bonchev–Trinajstić information content (AvgIpc) is 2.25. The van der Waals surface area contributed by atoms with E-state index in [1.54, 1.807) is 0 Å². The van der Waals surface area contributed by atoms with Gasteiger partial charge in [0.05, 0.1) is 0 Å². The highest BCUT2D eigenvalue weighted by molar-refractivity contribution is 5.97. The lowest BCUT2D eigenvalue weighted by atomic mass is 10.0. The van der Waals surface area contributed by atoms with E-state index < -0.39 is 11.7 Å². The quantitative estimate of drug-likeness (QED) is 0.741. The first kappa shape index (κ1) is 13.4. The third kappa shape index (κ3) is 3.17. The molecule has 0 aliphatic rings. The van der Waals surface area contributed by atoms with E-state index >= 15 is 0 Å². The Labute approximate surface area is 99.6 Å². The van der Waals surface area contributed by atoms with Gasteiger partial charge >= 0.3 is 0 Å². The molecule has 0 spiro atoms. The highest BCUT2D eigenvalue weighted by atomic mass is 19.1. The molecule has 0 aliphatic heterocycles. The number of rotatable bonds is 4. The number of nitrogens with two attached hydrogens (primary N) is 1. The van der Waals surface area contributed by atoms with Crippen LogP contribution < -0.4 is 11.1 Å². The van der Waals surface area contributed by atoms with E-state index in [1.807, 2.05) is 13.8 Å². The van der Waals surface area contributed by atoms with Crippen LogP contribution in [0.2, 0.25) is 0 Å². The van der Waals surface area contributed by atoms with E-state index in [9.17, 15) is 14.3 Å². The van der Waals surface area contributed by atoms with Gasteiger partial charge in [-0.2, -0.15) is 0 Å².